The molecule has 1 saturated carbocycles. The molecule has 1 saturated heterocycles. The predicted molar refractivity (Wildman–Crippen MR) is 56.3 cm³/mol. The topological polar surface area (TPSA) is 52.6 Å². The molecular weight excluding hydrogens is 208 g/mol. The zero-order chi connectivity index (χ0) is 12.4. The molecule has 2 rings (SSSR count). The second kappa shape index (κ2) is 2.79. The lowest BCUT2D eigenvalue weighted by Crippen LogP contribution is -2.49. The zero-order valence-corrected chi connectivity index (χ0v) is 10.4. The van der Waals surface area contributed by atoms with Gasteiger partial charge in [0.15, 0.2) is 5.41 Å². The SMILES string of the molecule is CC[C@H]1C(C)(C)C12C(=O)OC(C)(C)OC2=O. The molecule has 0 amide bonds. The maximum Gasteiger partial charge on any atom is 0.327 e. The van der Waals surface area contributed by atoms with Crippen LogP contribution in [-0.2, 0) is 19.1 Å². The third-order valence-electron chi connectivity index (χ3n) is 4.06. The van der Waals surface area contributed by atoms with E-state index in [1.54, 1.807) is 13.8 Å². The van der Waals surface area contributed by atoms with Gasteiger partial charge in [0, 0.05) is 13.8 Å². The summed E-state index contributed by atoms with van der Waals surface area (Å²) >= 11 is 0. The summed E-state index contributed by atoms with van der Waals surface area (Å²) in [6.45, 7) is 8.96. The minimum atomic E-state index is -1.13. The van der Waals surface area contributed by atoms with Crippen LogP contribution >= 0.6 is 0 Å². The Balaban J connectivity index is 2.39. The number of hydrogen-bond donors (Lipinski definition) is 0. The lowest BCUT2D eigenvalue weighted by atomic mass is 9.94. The molecule has 1 aliphatic carbocycles. The van der Waals surface area contributed by atoms with Gasteiger partial charge in [-0.1, -0.05) is 27.2 Å². The maximum absolute atomic E-state index is 12.1. The summed E-state index contributed by atoms with van der Waals surface area (Å²) in [7, 11) is 0. The van der Waals surface area contributed by atoms with Crippen molar-refractivity contribution in [1.29, 1.82) is 0 Å². The fourth-order valence-electron chi connectivity index (χ4n) is 3.21. The van der Waals surface area contributed by atoms with E-state index in [0.29, 0.717) is 0 Å². The molecule has 1 spiro atoms. The van der Waals surface area contributed by atoms with Crippen LogP contribution in [-0.4, -0.2) is 17.7 Å². The van der Waals surface area contributed by atoms with E-state index in [0.717, 1.165) is 6.42 Å². The van der Waals surface area contributed by atoms with E-state index in [-0.39, 0.29) is 11.3 Å². The summed E-state index contributed by atoms with van der Waals surface area (Å²) in [5, 5.41) is 0. The van der Waals surface area contributed by atoms with Gasteiger partial charge >= 0.3 is 11.9 Å². The summed E-state index contributed by atoms with van der Waals surface area (Å²) in [6, 6.07) is 0. The van der Waals surface area contributed by atoms with Crippen molar-refractivity contribution >= 4 is 11.9 Å². The van der Waals surface area contributed by atoms with Gasteiger partial charge in [-0.05, 0) is 11.3 Å². The van der Waals surface area contributed by atoms with Gasteiger partial charge in [-0.25, -0.2) is 0 Å². The first-order valence-corrected chi connectivity index (χ1v) is 5.67. The summed E-state index contributed by atoms with van der Waals surface area (Å²) in [4.78, 5) is 24.1. The first-order valence-electron chi connectivity index (χ1n) is 5.67. The van der Waals surface area contributed by atoms with Crippen LogP contribution in [0.4, 0.5) is 0 Å². The Morgan fingerprint density at radius 2 is 1.50 bits per heavy atom. The van der Waals surface area contributed by atoms with E-state index in [1.165, 1.54) is 0 Å². The van der Waals surface area contributed by atoms with Crippen molar-refractivity contribution in [3.05, 3.63) is 0 Å². The van der Waals surface area contributed by atoms with Crippen LogP contribution in [0.3, 0.4) is 0 Å². The highest BCUT2D eigenvalue weighted by molar-refractivity contribution is 6.07. The first-order chi connectivity index (χ1) is 7.20. The summed E-state index contributed by atoms with van der Waals surface area (Å²) in [5.74, 6) is -1.96. The second-order valence-corrected chi connectivity index (χ2v) is 5.67. The largest absolute Gasteiger partial charge is 0.422 e. The molecule has 4 nitrogen and oxygen atoms in total. The average molecular weight is 226 g/mol. The van der Waals surface area contributed by atoms with E-state index < -0.39 is 23.1 Å². The molecule has 0 radical (unpaired) electrons. The number of esters is 2. The highest BCUT2D eigenvalue weighted by Crippen LogP contribution is 2.72. The molecule has 1 atom stereocenters. The minimum absolute atomic E-state index is 0.0242. The van der Waals surface area contributed by atoms with Gasteiger partial charge in [0.05, 0.1) is 0 Å². The Hall–Kier alpha value is -1.06. The van der Waals surface area contributed by atoms with Crippen molar-refractivity contribution in [2.45, 2.75) is 46.8 Å². The van der Waals surface area contributed by atoms with Crippen LogP contribution < -0.4 is 0 Å². The molecule has 16 heavy (non-hydrogen) atoms. The molecule has 1 aliphatic heterocycles. The first kappa shape index (κ1) is 11.4. The van der Waals surface area contributed by atoms with E-state index in [2.05, 4.69) is 0 Å². The third-order valence-corrected chi connectivity index (χ3v) is 4.06. The molecule has 0 N–H and O–H groups in total. The maximum atomic E-state index is 12.1. The molecular formula is C12H18O4. The number of hydrogen-bond acceptors (Lipinski definition) is 4. The Morgan fingerprint density at radius 1 is 1.06 bits per heavy atom. The highest BCUT2D eigenvalue weighted by atomic mass is 16.7. The van der Waals surface area contributed by atoms with Gasteiger partial charge in [-0.15, -0.1) is 0 Å². The Bertz CT molecular complexity index is 347. The monoisotopic (exact) mass is 226 g/mol. The number of ether oxygens (including phenoxy) is 2. The Labute approximate surface area is 95.3 Å². The van der Waals surface area contributed by atoms with Crippen molar-refractivity contribution in [3.63, 3.8) is 0 Å². The van der Waals surface area contributed by atoms with E-state index in [4.69, 9.17) is 9.47 Å². The van der Waals surface area contributed by atoms with Gasteiger partial charge in [0.2, 0.25) is 0 Å². The highest BCUT2D eigenvalue weighted by Gasteiger charge is 2.83. The Kier molecular flexibility index (Phi) is 1.99. The quantitative estimate of drug-likeness (QED) is 0.506. The molecule has 4 heteroatoms. The standard InChI is InChI=1S/C12H18O4/c1-6-7-10(2,3)12(7)8(13)15-11(4,5)16-9(12)14/h7H,6H2,1-5H3/t7-/m0/s1. The van der Waals surface area contributed by atoms with E-state index in [9.17, 15) is 9.59 Å². The normalized spacial score (nSPS) is 33.2. The van der Waals surface area contributed by atoms with Crippen molar-refractivity contribution in [2.24, 2.45) is 16.7 Å². The molecule has 2 fully saturated rings. The van der Waals surface area contributed by atoms with Crippen LogP contribution in [0, 0.1) is 16.7 Å². The second-order valence-electron chi connectivity index (χ2n) is 5.67. The smallest absolute Gasteiger partial charge is 0.327 e. The van der Waals surface area contributed by atoms with Gasteiger partial charge in [0.1, 0.15) is 0 Å². The van der Waals surface area contributed by atoms with E-state index in [1.807, 2.05) is 20.8 Å². The van der Waals surface area contributed by atoms with Crippen LogP contribution in [0.15, 0.2) is 0 Å². The summed E-state index contributed by atoms with van der Waals surface area (Å²) < 4.78 is 10.4. The Morgan fingerprint density at radius 3 is 1.81 bits per heavy atom. The fourth-order valence-corrected chi connectivity index (χ4v) is 3.21. The van der Waals surface area contributed by atoms with Crippen LogP contribution in [0.1, 0.15) is 41.0 Å². The third kappa shape index (κ3) is 1.05. The van der Waals surface area contributed by atoms with Crippen molar-refractivity contribution < 1.29 is 19.1 Å². The van der Waals surface area contributed by atoms with Crippen LogP contribution in [0.2, 0.25) is 0 Å². The van der Waals surface area contributed by atoms with Gasteiger partial charge in [-0.3, -0.25) is 9.59 Å². The molecule has 0 aromatic heterocycles. The van der Waals surface area contributed by atoms with Crippen LogP contribution in [0.25, 0.3) is 0 Å². The fraction of sp³-hybridized carbons (Fsp3) is 0.833. The molecule has 90 valence electrons. The van der Waals surface area contributed by atoms with Crippen molar-refractivity contribution in [2.75, 3.05) is 0 Å². The van der Waals surface area contributed by atoms with Crippen molar-refractivity contribution in [3.8, 4) is 0 Å². The number of carbonyl (C=O) groups is 2. The molecule has 0 unspecified atom stereocenters. The van der Waals surface area contributed by atoms with Gasteiger partial charge < -0.3 is 9.47 Å². The molecule has 0 bridgehead atoms. The summed E-state index contributed by atoms with van der Waals surface area (Å²) in [6.07, 6.45) is 0.775. The van der Waals surface area contributed by atoms with Gasteiger partial charge in [-0.2, -0.15) is 0 Å². The van der Waals surface area contributed by atoms with Crippen molar-refractivity contribution in [1.82, 2.24) is 0 Å². The lowest BCUT2D eigenvalue weighted by molar-refractivity contribution is -0.245. The number of rotatable bonds is 1. The van der Waals surface area contributed by atoms with Crippen LogP contribution in [0.5, 0.6) is 0 Å². The molecule has 1 heterocycles. The minimum Gasteiger partial charge on any atom is -0.422 e. The number of cyclic esters (lactones) is 2. The van der Waals surface area contributed by atoms with Gasteiger partial charge in [0.25, 0.3) is 5.79 Å². The predicted octanol–water partition coefficient (Wildman–Crippen LogP) is 1.87. The number of carbonyl (C=O) groups excluding carboxylic acids is 2. The lowest BCUT2D eigenvalue weighted by Gasteiger charge is -2.34. The summed E-state index contributed by atoms with van der Waals surface area (Å²) in [5.41, 5.74) is -1.41. The average Bonchev–Trinajstić information content (AvgIpc) is 2.58. The molecule has 2 aliphatic rings. The molecule has 0 aromatic carbocycles. The van der Waals surface area contributed by atoms with E-state index >= 15 is 0 Å². The molecule has 0 aromatic rings. The zero-order valence-electron chi connectivity index (χ0n) is 10.4.